The first-order valence-corrected chi connectivity index (χ1v) is 5.29. The lowest BCUT2D eigenvalue weighted by Gasteiger charge is -2.09. The Bertz CT molecular complexity index is 302. The van der Waals surface area contributed by atoms with E-state index in [9.17, 15) is 0 Å². The summed E-state index contributed by atoms with van der Waals surface area (Å²) < 4.78 is 10.6. The molecule has 0 aromatic heterocycles. The lowest BCUT2D eigenvalue weighted by atomic mass is 10.0. The standard InChI is InChI=1S/C12H17NO2/c1-9(13)6-10-2-4-11(5-3-10)12-7-14-8-15-12/h2-5,9,12H,6-8,13H2,1H3. The van der Waals surface area contributed by atoms with Crippen molar-refractivity contribution in [3.8, 4) is 0 Å². The predicted molar refractivity (Wildman–Crippen MR) is 58.4 cm³/mol. The third-order valence-corrected chi connectivity index (χ3v) is 2.53. The molecular weight excluding hydrogens is 190 g/mol. The minimum absolute atomic E-state index is 0.106. The molecule has 1 aliphatic heterocycles. The predicted octanol–water partition coefficient (Wildman–Crippen LogP) is 1.62. The Hall–Kier alpha value is -0.900. The molecule has 0 amide bonds. The fourth-order valence-corrected chi connectivity index (χ4v) is 1.77. The van der Waals surface area contributed by atoms with E-state index in [1.807, 2.05) is 6.92 Å². The first-order chi connectivity index (χ1) is 7.25. The van der Waals surface area contributed by atoms with Crippen molar-refractivity contribution in [2.45, 2.75) is 25.5 Å². The van der Waals surface area contributed by atoms with Gasteiger partial charge in [0.05, 0.1) is 6.61 Å². The normalized spacial score (nSPS) is 22.9. The van der Waals surface area contributed by atoms with Crippen LogP contribution in [0, 0.1) is 0 Å². The number of ether oxygens (including phenoxy) is 2. The van der Waals surface area contributed by atoms with Crippen LogP contribution < -0.4 is 5.73 Å². The molecule has 1 aromatic rings. The van der Waals surface area contributed by atoms with Gasteiger partial charge in [0.2, 0.25) is 0 Å². The van der Waals surface area contributed by atoms with Crippen molar-refractivity contribution < 1.29 is 9.47 Å². The van der Waals surface area contributed by atoms with Gasteiger partial charge in [-0.1, -0.05) is 24.3 Å². The van der Waals surface area contributed by atoms with Crippen molar-refractivity contribution in [1.82, 2.24) is 0 Å². The molecule has 82 valence electrons. The van der Waals surface area contributed by atoms with Gasteiger partial charge in [0, 0.05) is 6.04 Å². The minimum atomic E-state index is 0.106. The maximum absolute atomic E-state index is 5.74. The highest BCUT2D eigenvalue weighted by molar-refractivity contribution is 5.25. The lowest BCUT2D eigenvalue weighted by molar-refractivity contribution is 0.0466. The zero-order chi connectivity index (χ0) is 10.7. The molecule has 2 unspecified atom stereocenters. The molecule has 2 N–H and O–H groups in total. The van der Waals surface area contributed by atoms with Crippen molar-refractivity contribution in [2.24, 2.45) is 5.73 Å². The summed E-state index contributed by atoms with van der Waals surface area (Å²) in [5.41, 5.74) is 8.19. The molecule has 15 heavy (non-hydrogen) atoms. The maximum atomic E-state index is 5.74. The first-order valence-electron chi connectivity index (χ1n) is 5.29. The Morgan fingerprint density at radius 1 is 1.40 bits per heavy atom. The van der Waals surface area contributed by atoms with E-state index in [1.165, 1.54) is 11.1 Å². The molecular formula is C12H17NO2. The van der Waals surface area contributed by atoms with E-state index < -0.39 is 0 Å². The summed E-state index contributed by atoms with van der Waals surface area (Å²) in [4.78, 5) is 0. The van der Waals surface area contributed by atoms with Crippen molar-refractivity contribution in [1.29, 1.82) is 0 Å². The minimum Gasteiger partial charge on any atom is -0.352 e. The van der Waals surface area contributed by atoms with Gasteiger partial charge in [-0.2, -0.15) is 0 Å². The maximum Gasteiger partial charge on any atom is 0.147 e. The van der Waals surface area contributed by atoms with Crippen molar-refractivity contribution in [3.05, 3.63) is 35.4 Å². The Morgan fingerprint density at radius 3 is 2.67 bits per heavy atom. The fraction of sp³-hybridized carbons (Fsp3) is 0.500. The van der Waals surface area contributed by atoms with Crippen LogP contribution in [0.3, 0.4) is 0 Å². The highest BCUT2D eigenvalue weighted by atomic mass is 16.7. The van der Waals surface area contributed by atoms with Crippen LogP contribution >= 0.6 is 0 Å². The molecule has 1 heterocycles. The van der Waals surface area contributed by atoms with Gasteiger partial charge in [-0.15, -0.1) is 0 Å². The molecule has 3 nitrogen and oxygen atoms in total. The van der Waals surface area contributed by atoms with E-state index >= 15 is 0 Å². The number of nitrogens with two attached hydrogens (primary N) is 1. The molecule has 0 saturated carbocycles. The van der Waals surface area contributed by atoms with Crippen molar-refractivity contribution in [3.63, 3.8) is 0 Å². The van der Waals surface area contributed by atoms with Gasteiger partial charge in [0.25, 0.3) is 0 Å². The number of hydrogen-bond acceptors (Lipinski definition) is 3. The highest BCUT2D eigenvalue weighted by Gasteiger charge is 2.17. The second kappa shape index (κ2) is 4.75. The quantitative estimate of drug-likeness (QED) is 0.819. The van der Waals surface area contributed by atoms with Crippen LogP contribution in [-0.2, 0) is 15.9 Å². The van der Waals surface area contributed by atoms with E-state index in [-0.39, 0.29) is 12.1 Å². The van der Waals surface area contributed by atoms with E-state index in [4.69, 9.17) is 15.2 Å². The molecule has 2 rings (SSSR count). The zero-order valence-electron chi connectivity index (χ0n) is 8.98. The average molecular weight is 207 g/mol. The Morgan fingerprint density at radius 2 is 2.13 bits per heavy atom. The second-order valence-electron chi connectivity index (χ2n) is 4.07. The van der Waals surface area contributed by atoms with Gasteiger partial charge >= 0.3 is 0 Å². The summed E-state index contributed by atoms with van der Waals surface area (Å²) in [6.07, 6.45) is 1.02. The molecule has 1 aliphatic rings. The van der Waals surface area contributed by atoms with Crippen molar-refractivity contribution >= 4 is 0 Å². The fourth-order valence-electron chi connectivity index (χ4n) is 1.77. The van der Waals surface area contributed by atoms with Crippen LogP contribution in [0.1, 0.15) is 24.2 Å². The third kappa shape index (κ3) is 2.78. The van der Waals surface area contributed by atoms with Crippen LogP contribution in [-0.4, -0.2) is 19.4 Å². The number of hydrogen-bond donors (Lipinski definition) is 1. The van der Waals surface area contributed by atoms with E-state index in [0.717, 1.165) is 6.42 Å². The highest BCUT2D eigenvalue weighted by Crippen LogP contribution is 2.22. The van der Waals surface area contributed by atoms with Gasteiger partial charge in [-0.05, 0) is 24.5 Å². The molecule has 3 heteroatoms. The second-order valence-corrected chi connectivity index (χ2v) is 4.07. The first kappa shape index (κ1) is 10.6. The van der Waals surface area contributed by atoms with Gasteiger partial charge < -0.3 is 15.2 Å². The van der Waals surface area contributed by atoms with E-state index in [2.05, 4.69) is 24.3 Å². The van der Waals surface area contributed by atoms with Gasteiger partial charge in [-0.25, -0.2) is 0 Å². The van der Waals surface area contributed by atoms with Gasteiger partial charge in [0.1, 0.15) is 12.9 Å². The summed E-state index contributed by atoms with van der Waals surface area (Å²) in [6, 6.07) is 8.62. The summed E-state index contributed by atoms with van der Waals surface area (Å²) in [5.74, 6) is 0. The summed E-state index contributed by atoms with van der Waals surface area (Å²) in [6.45, 7) is 3.08. The van der Waals surface area contributed by atoms with Crippen LogP contribution in [0.4, 0.5) is 0 Å². The molecule has 1 fully saturated rings. The van der Waals surface area contributed by atoms with Crippen LogP contribution in [0.2, 0.25) is 0 Å². The van der Waals surface area contributed by atoms with Crippen LogP contribution in [0.5, 0.6) is 0 Å². The SMILES string of the molecule is CC(N)Cc1ccc(C2COCO2)cc1. The smallest absolute Gasteiger partial charge is 0.147 e. The topological polar surface area (TPSA) is 44.5 Å². The monoisotopic (exact) mass is 207 g/mol. The molecule has 0 radical (unpaired) electrons. The molecule has 1 aromatic carbocycles. The molecule has 0 aliphatic carbocycles. The Balaban J connectivity index is 2.03. The zero-order valence-corrected chi connectivity index (χ0v) is 8.98. The number of benzene rings is 1. The molecule has 0 spiro atoms. The molecule has 2 atom stereocenters. The Labute approximate surface area is 90.2 Å². The van der Waals surface area contributed by atoms with E-state index in [1.54, 1.807) is 0 Å². The summed E-state index contributed by atoms with van der Waals surface area (Å²) in [5, 5.41) is 0. The Kier molecular flexibility index (Phi) is 3.36. The lowest BCUT2D eigenvalue weighted by Crippen LogP contribution is -2.17. The largest absolute Gasteiger partial charge is 0.352 e. The summed E-state index contributed by atoms with van der Waals surface area (Å²) in [7, 11) is 0. The van der Waals surface area contributed by atoms with Gasteiger partial charge in [0.15, 0.2) is 0 Å². The third-order valence-electron chi connectivity index (χ3n) is 2.53. The molecule has 0 bridgehead atoms. The average Bonchev–Trinajstić information content (AvgIpc) is 2.71. The van der Waals surface area contributed by atoms with E-state index in [0.29, 0.717) is 13.4 Å². The van der Waals surface area contributed by atoms with Crippen molar-refractivity contribution in [2.75, 3.05) is 13.4 Å². The van der Waals surface area contributed by atoms with Gasteiger partial charge in [-0.3, -0.25) is 0 Å². The molecule has 1 saturated heterocycles. The number of rotatable bonds is 3. The summed E-state index contributed by atoms with van der Waals surface area (Å²) >= 11 is 0. The van der Waals surface area contributed by atoms with Crippen LogP contribution in [0.15, 0.2) is 24.3 Å². The van der Waals surface area contributed by atoms with Crippen LogP contribution in [0.25, 0.3) is 0 Å².